The molecule has 0 N–H and O–H groups in total. The summed E-state index contributed by atoms with van der Waals surface area (Å²) in [5, 5.41) is 0.903. The van der Waals surface area contributed by atoms with Gasteiger partial charge >= 0.3 is 5.97 Å². The van der Waals surface area contributed by atoms with Gasteiger partial charge in [0.2, 0.25) is 0 Å². The predicted octanol–water partition coefficient (Wildman–Crippen LogP) is 2.53. The van der Waals surface area contributed by atoms with Crippen LogP contribution in [-0.2, 0) is 10.1 Å². The maximum atomic E-state index is 12.7. The Labute approximate surface area is 128 Å². The van der Waals surface area contributed by atoms with Crippen LogP contribution >= 0.6 is 15.9 Å². The van der Waals surface area contributed by atoms with Gasteiger partial charge < -0.3 is 4.74 Å². The molecule has 0 bridgehead atoms. The topological polar surface area (TPSA) is 60.7 Å². The SMILES string of the molecule is COC(=O)c1cccc2nc3ccc(CBr)cn3c(=O)c12. The summed E-state index contributed by atoms with van der Waals surface area (Å²) in [7, 11) is 1.29. The number of ether oxygens (including phenoxy) is 1. The highest BCUT2D eigenvalue weighted by atomic mass is 79.9. The van der Waals surface area contributed by atoms with Gasteiger partial charge in [-0.25, -0.2) is 9.78 Å². The number of carbonyl (C=O) groups is 1. The summed E-state index contributed by atoms with van der Waals surface area (Å²) in [5.41, 5.74) is 1.92. The number of hydrogen-bond acceptors (Lipinski definition) is 4. The van der Waals surface area contributed by atoms with E-state index in [1.807, 2.05) is 6.07 Å². The first kappa shape index (κ1) is 13.8. The van der Waals surface area contributed by atoms with Gasteiger partial charge in [0.05, 0.1) is 23.6 Å². The molecule has 2 heterocycles. The normalized spacial score (nSPS) is 11.0. The Balaban J connectivity index is 2.47. The van der Waals surface area contributed by atoms with Gasteiger partial charge in [0.1, 0.15) is 5.65 Å². The molecule has 0 atom stereocenters. The molecule has 3 rings (SSSR count). The molecule has 3 aromatic rings. The van der Waals surface area contributed by atoms with E-state index in [1.165, 1.54) is 11.5 Å². The second-order valence-corrected chi connectivity index (χ2v) is 5.07. The van der Waals surface area contributed by atoms with Crippen LogP contribution in [0, 0.1) is 0 Å². The minimum absolute atomic E-state index is 0.228. The predicted molar refractivity (Wildman–Crippen MR) is 82.9 cm³/mol. The van der Waals surface area contributed by atoms with Gasteiger partial charge in [-0.2, -0.15) is 0 Å². The maximum Gasteiger partial charge on any atom is 0.338 e. The van der Waals surface area contributed by atoms with E-state index in [0.29, 0.717) is 16.5 Å². The molecule has 0 spiro atoms. The Morgan fingerprint density at radius 3 is 2.86 bits per heavy atom. The fourth-order valence-corrected chi connectivity index (χ4v) is 2.58. The second kappa shape index (κ2) is 5.29. The van der Waals surface area contributed by atoms with E-state index in [-0.39, 0.29) is 16.5 Å². The molecule has 6 heteroatoms. The quantitative estimate of drug-likeness (QED) is 0.406. The molecule has 1 aromatic carbocycles. The van der Waals surface area contributed by atoms with Crippen molar-refractivity contribution < 1.29 is 9.53 Å². The maximum absolute atomic E-state index is 12.7. The van der Waals surface area contributed by atoms with Crippen molar-refractivity contribution in [2.45, 2.75) is 5.33 Å². The molecule has 0 aliphatic heterocycles. The van der Waals surface area contributed by atoms with Crippen molar-refractivity contribution in [2.75, 3.05) is 7.11 Å². The Morgan fingerprint density at radius 1 is 1.33 bits per heavy atom. The van der Waals surface area contributed by atoms with E-state index in [9.17, 15) is 9.59 Å². The lowest BCUT2D eigenvalue weighted by Gasteiger charge is -2.07. The van der Waals surface area contributed by atoms with Gasteiger partial charge in [-0.3, -0.25) is 9.20 Å². The van der Waals surface area contributed by atoms with Crippen LogP contribution in [0.4, 0.5) is 0 Å². The van der Waals surface area contributed by atoms with Crippen molar-refractivity contribution in [3.63, 3.8) is 0 Å². The van der Waals surface area contributed by atoms with E-state index in [0.717, 1.165) is 5.56 Å². The molecular formula is C15H11BrN2O3. The minimum atomic E-state index is -0.545. The zero-order valence-corrected chi connectivity index (χ0v) is 12.8. The van der Waals surface area contributed by atoms with Gasteiger partial charge in [-0.1, -0.05) is 28.1 Å². The number of aromatic nitrogens is 2. The molecular weight excluding hydrogens is 336 g/mol. The molecule has 0 amide bonds. The molecule has 0 saturated heterocycles. The van der Waals surface area contributed by atoms with Gasteiger partial charge in [0.15, 0.2) is 0 Å². The summed E-state index contributed by atoms with van der Waals surface area (Å²) in [5.74, 6) is -0.545. The number of benzene rings is 1. The summed E-state index contributed by atoms with van der Waals surface area (Å²) in [6.45, 7) is 0. The summed E-state index contributed by atoms with van der Waals surface area (Å²) in [6.07, 6.45) is 1.72. The Bertz CT molecular complexity index is 918. The van der Waals surface area contributed by atoms with Crippen molar-refractivity contribution in [3.05, 3.63) is 58.0 Å². The van der Waals surface area contributed by atoms with E-state index < -0.39 is 5.97 Å². The van der Waals surface area contributed by atoms with Crippen molar-refractivity contribution in [1.29, 1.82) is 0 Å². The monoisotopic (exact) mass is 346 g/mol. The Hall–Kier alpha value is -2.21. The third-order valence-corrected chi connectivity index (χ3v) is 3.91. The highest BCUT2D eigenvalue weighted by Gasteiger charge is 2.15. The van der Waals surface area contributed by atoms with Crippen LogP contribution in [0.1, 0.15) is 15.9 Å². The summed E-state index contributed by atoms with van der Waals surface area (Å²) in [6, 6.07) is 8.64. The Morgan fingerprint density at radius 2 is 2.14 bits per heavy atom. The van der Waals surface area contributed by atoms with Crippen LogP contribution in [0.25, 0.3) is 16.6 Å². The van der Waals surface area contributed by atoms with Crippen molar-refractivity contribution in [1.82, 2.24) is 9.38 Å². The average molecular weight is 347 g/mol. The second-order valence-electron chi connectivity index (χ2n) is 4.51. The first-order valence-corrected chi connectivity index (χ1v) is 7.36. The number of methoxy groups -OCH3 is 1. The molecule has 0 aliphatic carbocycles. The van der Waals surface area contributed by atoms with Crippen LogP contribution in [0.5, 0.6) is 0 Å². The van der Waals surface area contributed by atoms with Crippen LogP contribution in [-0.4, -0.2) is 22.5 Å². The van der Waals surface area contributed by atoms with Crippen molar-refractivity contribution >= 4 is 38.4 Å². The largest absolute Gasteiger partial charge is 0.465 e. The first-order chi connectivity index (χ1) is 10.2. The fraction of sp³-hybridized carbons (Fsp3) is 0.133. The van der Waals surface area contributed by atoms with E-state index in [2.05, 4.69) is 20.9 Å². The molecule has 0 fully saturated rings. The number of alkyl halides is 1. The number of fused-ring (bicyclic) bond motifs is 2. The molecule has 21 heavy (non-hydrogen) atoms. The third kappa shape index (κ3) is 2.21. The number of pyridine rings is 1. The molecule has 2 aromatic heterocycles. The number of esters is 1. The molecule has 106 valence electrons. The van der Waals surface area contributed by atoms with E-state index in [4.69, 9.17) is 4.74 Å². The lowest BCUT2D eigenvalue weighted by Crippen LogP contribution is -2.18. The van der Waals surface area contributed by atoms with Crippen LogP contribution in [0.3, 0.4) is 0 Å². The third-order valence-electron chi connectivity index (χ3n) is 3.26. The van der Waals surface area contributed by atoms with Crippen LogP contribution in [0.15, 0.2) is 41.3 Å². The highest BCUT2D eigenvalue weighted by Crippen LogP contribution is 2.16. The molecule has 0 unspecified atom stereocenters. The fourth-order valence-electron chi connectivity index (χ4n) is 2.25. The van der Waals surface area contributed by atoms with Crippen molar-refractivity contribution in [2.24, 2.45) is 0 Å². The van der Waals surface area contributed by atoms with Gasteiger partial charge in [0.25, 0.3) is 5.56 Å². The smallest absolute Gasteiger partial charge is 0.338 e. The number of halogens is 1. The zero-order valence-electron chi connectivity index (χ0n) is 11.2. The molecule has 0 radical (unpaired) electrons. The lowest BCUT2D eigenvalue weighted by atomic mass is 10.1. The number of nitrogens with zero attached hydrogens (tertiary/aromatic N) is 2. The van der Waals surface area contributed by atoms with Crippen LogP contribution < -0.4 is 5.56 Å². The van der Waals surface area contributed by atoms with Crippen LogP contribution in [0.2, 0.25) is 0 Å². The number of hydrogen-bond donors (Lipinski definition) is 0. The lowest BCUT2D eigenvalue weighted by molar-refractivity contribution is 0.0603. The first-order valence-electron chi connectivity index (χ1n) is 6.24. The molecule has 0 saturated carbocycles. The zero-order chi connectivity index (χ0) is 15.0. The van der Waals surface area contributed by atoms with E-state index in [1.54, 1.807) is 30.5 Å². The minimum Gasteiger partial charge on any atom is -0.465 e. The standard InChI is InChI=1S/C15H11BrN2O3/c1-21-15(20)10-3-2-4-11-13(10)14(19)18-8-9(7-16)5-6-12(18)17-11/h2-6,8H,7H2,1H3. The van der Waals surface area contributed by atoms with Gasteiger partial charge in [-0.15, -0.1) is 0 Å². The van der Waals surface area contributed by atoms with E-state index >= 15 is 0 Å². The average Bonchev–Trinajstić information content (AvgIpc) is 2.53. The molecule has 0 aliphatic rings. The summed E-state index contributed by atoms with van der Waals surface area (Å²) < 4.78 is 6.18. The van der Waals surface area contributed by atoms with Gasteiger partial charge in [0, 0.05) is 11.5 Å². The van der Waals surface area contributed by atoms with Gasteiger partial charge in [-0.05, 0) is 23.8 Å². The number of rotatable bonds is 2. The highest BCUT2D eigenvalue weighted by molar-refractivity contribution is 9.08. The summed E-state index contributed by atoms with van der Waals surface area (Å²) >= 11 is 3.36. The Kier molecular flexibility index (Phi) is 3.47. The summed E-state index contributed by atoms with van der Waals surface area (Å²) in [4.78, 5) is 29.0. The van der Waals surface area contributed by atoms with Crippen molar-refractivity contribution in [3.8, 4) is 0 Å². The number of carbonyl (C=O) groups excluding carboxylic acids is 1. The molecule has 5 nitrogen and oxygen atoms in total.